The van der Waals surface area contributed by atoms with Gasteiger partial charge in [-0.05, 0) is 12.8 Å². The number of aromatic carboxylic acids is 1. The fourth-order valence-corrected chi connectivity index (χ4v) is 1.21. The van der Waals surface area contributed by atoms with Gasteiger partial charge in [0.25, 0.3) is 0 Å². The molecule has 1 N–H and O–H groups in total. The summed E-state index contributed by atoms with van der Waals surface area (Å²) in [6.45, 7) is 0. The summed E-state index contributed by atoms with van der Waals surface area (Å²) in [6, 6.07) is 1.71. The highest BCUT2D eigenvalue weighted by molar-refractivity contribution is 5.85. The molecule has 1 aromatic heterocycles. The average molecular weight is 247 g/mol. The maximum absolute atomic E-state index is 12.5. The van der Waals surface area contributed by atoms with E-state index in [9.17, 15) is 18.0 Å². The topological polar surface area (TPSA) is 59.4 Å². The molecule has 0 amide bonds. The van der Waals surface area contributed by atoms with E-state index < -0.39 is 23.5 Å². The zero-order chi connectivity index (χ0) is 12.6. The number of carboxylic acid groups (broad SMARTS) is 1. The van der Waals surface area contributed by atoms with E-state index in [1.807, 2.05) is 0 Å². The molecule has 0 aromatic carbocycles. The van der Waals surface area contributed by atoms with E-state index in [1.54, 1.807) is 0 Å². The zero-order valence-corrected chi connectivity index (χ0v) is 8.49. The van der Waals surface area contributed by atoms with Crippen LogP contribution in [0, 0.1) is 0 Å². The number of hydrogen-bond acceptors (Lipinski definition) is 3. The molecule has 1 fully saturated rings. The maximum Gasteiger partial charge on any atom is 0.433 e. The molecule has 0 aliphatic heterocycles. The number of alkyl halides is 3. The third-order valence-electron chi connectivity index (χ3n) is 2.14. The fraction of sp³-hybridized carbons (Fsp3) is 0.400. The number of ether oxygens (including phenoxy) is 1. The summed E-state index contributed by atoms with van der Waals surface area (Å²) in [7, 11) is 0. The number of carbonyl (C=O) groups is 1. The molecule has 4 nitrogen and oxygen atoms in total. The lowest BCUT2D eigenvalue weighted by Crippen LogP contribution is -2.13. The number of rotatable bonds is 3. The van der Waals surface area contributed by atoms with Gasteiger partial charge in [0.1, 0.15) is 11.4 Å². The second-order valence-corrected chi connectivity index (χ2v) is 3.69. The van der Waals surface area contributed by atoms with Crippen LogP contribution in [0.25, 0.3) is 0 Å². The third-order valence-corrected chi connectivity index (χ3v) is 2.14. The largest absolute Gasteiger partial charge is 0.490 e. The molecule has 0 bridgehead atoms. The number of nitrogens with zero attached hydrogens (tertiary/aromatic N) is 1. The van der Waals surface area contributed by atoms with Crippen LogP contribution in [0.1, 0.15) is 29.0 Å². The normalized spacial score (nSPS) is 15.7. The first-order valence-corrected chi connectivity index (χ1v) is 4.85. The summed E-state index contributed by atoms with van der Waals surface area (Å²) < 4.78 is 42.5. The second-order valence-electron chi connectivity index (χ2n) is 3.69. The molecular formula is C10H8F3NO3. The Labute approximate surface area is 94.0 Å². The van der Waals surface area contributed by atoms with Gasteiger partial charge in [-0.2, -0.15) is 13.2 Å². The minimum atomic E-state index is -4.69. The maximum atomic E-state index is 12.5. The lowest BCUT2D eigenvalue weighted by Gasteiger charge is -2.10. The van der Waals surface area contributed by atoms with Crippen molar-refractivity contribution in [1.82, 2.24) is 4.98 Å². The molecule has 1 saturated carbocycles. The Morgan fingerprint density at radius 1 is 1.41 bits per heavy atom. The predicted molar refractivity (Wildman–Crippen MR) is 49.8 cm³/mol. The van der Waals surface area contributed by atoms with Gasteiger partial charge in [-0.3, -0.25) is 0 Å². The van der Waals surface area contributed by atoms with Crippen LogP contribution in [0.15, 0.2) is 12.1 Å². The molecule has 1 aromatic rings. The number of hydrogen-bond donors (Lipinski definition) is 1. The SMILES string of the molecule is O=C(O)c1cc(OC2CC2)cc(C(F)(F)F)n1. The molecule has 1 aliphatic rings. The van der Waals surface area contributed by atoms with E-state index in [2.05, 4.69) is 4.98 Å². The van der Waals surface area contributed by atoms with Crippen molar-refractivity contribution in [3.63, 3.8) is 0 Å². The Bertz CT molecular complexity index is 455. The molecule has 2 rings (SSSR count). The van der Waals surface area contributed by atoms with Gasteiger partial charge in [-0.1, -0.05) is 0 Å². The minimum Gasteiger partial charge on any atom is -0.490 e. The molecule has 0 saturated heterocycles. The Kier molecular flexibility index (Phi) is 2.68. The van der Waals surface area contributed by atoms with Gasteiger partial charge in [0.2, 0.25) is 0 Å². The number of aromatic nitrogens is 1. The molecular weight excluding hydrogens is 239 g/mol. The first-order valence-electron chi connectivity index (χ1n) is 4.85. The van der Waals surface area contributed by atoms with Crippen LogP contribution >= 0.6 is 0 Å². The van der Waals surface area contributed by atoms with Crippen LogP contribution in [-0.2, 0) is 6.18 Å². The Hall–Kier alpha value is -1.79. The highest BCUT2D eigenvalue weighted by Gasteiger charge is 2.35. The second kappa shape index (κ2) is 3.90. The molecule has 7 heteroatoms. The van der Waals surface area contributed by atoms with E-state index >= 15 is 0 Å². The van der Waals surface area contributed by atoms with Gasteiger partial charge >= 0.3 is 12.1 Å². The molecule has 0 unspecified atom stereocenters. The van der Waals surface area contributed by atoms with Gasteiger partial charge in [0, 0.05) is 12.1 Å². The highest BCUT2D eigenvalue weighted by atomic mass is 19.4. The van der Waals surface area contributed by atoms with Crippen molar-refractivity contribution in [3.05, 3.63) is 23.5 Å². The standard InChI is InChI=1S/C10H8F3NO3/c11-10(12,13)8-4-6(17-5-1-2-5)3-7(14-8)9(15)16/h3-5H,1-2H2,(H,15,16). The fourth-order valence-electron chi connectivity index (χ4n) is 1.21. The van der Waals surface area contributed by atoms with Crippen molar-refractivity contribution in [1.29, 1.82) is 0 Å². The smallest absolute Gasteiger partial charge is 0.433 e. The van der Waals surface area contributed by atoms with Gasteiger partial charge in [0.15, 0.2) is 5.69 Å². The highest BCUT2D eigenvalue weighted by Crippen LogP contribution is 2.33. The van der Waals surface area contributed by atoms with E-state index in [0.717, 1.165) is 18.9 Å². The molecule has 0 atom stereocenters. The van der Waals surface area contributed by atoms with Crippen LogP contribution < -0.4 is 4.74 Å². The third kappa shape index (κ3) is 2.86. The molecule has 17 heavy (non-hydrogen) atoms. The van der Waals surface area contributed by atoms with E-state index in [1.165, 1.54) is 0 Å². The summed E-state index contributed by atoms with van der Waals surface area (Å²) in [6.07, 6.45) is -3.26. The zero-order valence-electron chi connectivity index (χ0n) is 8.49. The predicted octanol–water partition coefficient (Wildman–Crippen LogP) is 2.34. The Balaban J connectivity index is 2.37. The summed E-state index contributed by atoms with van der Waals surface area (Å²) in [5.74, 6) is -1.62. The first kappa shape index (κ1) is 11.7. The van der Waals surface area contributed by atoms with E-state index in [4.69, 9.17) is 9.84 Å². The van der Waals surface area contributed by atoms with Gasteiger partial charge in [0.05, 0.1) is 6.10 Å². The van der Waals surface area contributed by atoms with E-state index in [-0.39, 0.29) is 11.9 Å². The lowest BCUT2D eigenvalue weighted by atomic mass is 10.2. The van der Waals surface area contributed by atoms with Gasteiger partial charge < -0.3 is 9.84 Å². The van der Waals surface area contributed by atoms with Crippen molar-refractivity contribution < 1.29 is 27.8 Å². The molecule has 0 spiro atoms. The summed E-state index contributed by atoms with van der Waals surface area (Å²) in [5, 5.41) is 8.66. The first-order chi connectivity index (χ1) is 7.86. The van der Waals surface area contributed by atoms with Crippen molar-refractivity contribution in [3.8, 4) is 5.75 Å². The summed E-state index contributed by atoms with van der Waals surface area (Å²) >= 11 is 0. The lowest BCUT2D eigenvalue weighted by molar-refractivity contribution is -0.141. The van der Waals surface area contributed by atoms with Gasteiger partial charge in [-0.25, -0.2) is 9.78 Å². The molecule has 0 radical (unpaired) electrons. The Morgan fingerprint density at radius 2 is 2.06 bits per heavy atom. The van der Waals surface area contributed by atoms with Crippen molar-refractivity contribution in [2.45, 2.75) is 25.1 Å². The van der Waals surface area contributed by atoms with Crippen molar-refractivity contribution >= 4 is 5.97 Å². The molecule has 1 heterocycles. The molecule has 1 aliphatic carbocycles. The molecule has 92 valence electrons. The van der Waals surface area contributed by atoms with Crippen LogP contribution in [0.4, 0.5) is 13.2 Å². The number of halogens is 3. The van der Waals surface area contributed by atoms with Crippen molar-refractivity contribution in [2.75, 3.05) is 0 Å². The summed E-state index contributed by atoms with van der Waals surface area (Å²) in [4.78, 5) is 13.7. The minimum absolute atomic E-state index is 0.104. The summed E-state index contributed by atoms with van der Waals surface area (Å²) in [5.41, 5.74) is -1.93. The van der Waals surface area contributed by atoms with Crippen LogP contribution in [0.3, 0.4) is 0 Å². The number of carboxylic acids is 1. The number of pyridine rings is 1. The van der Waals surface area contributed by atoms with Gasteiger partial charge in [-0.15, -0.1) is 0 Å². The van der Waals surface area contributed by atoms with Crippen LogP contribution in [0.2, 0.25) is 0 Å². The van der Waals surface area contributed by atoms with Crippen molar-refractivity contribution in [2.24, 2.45) is 0 Å². The van der Waals surface area contributed by atoms with E-state index in [0.29, 0.717) is 6.07 Å². The Morgan fingerprint density at radius 3 is 2.53 bits per heavy atom. The van der Waals surface area contributed by atoms with Crippen LogP contribution in [-0.4, -0.2) is 22.2 Å². The quantitative estimate of drug-likeness (QED) is 0.890. The van der Waals surface area contributed by atoms with Crippen LogP contribution in [0.5, 0.6) is 5.75 Å². The average Bonchev–Trinajstić information content (AvgIpc) is 2.99. The monoisotopic (exact) mass is 247 g/mol.